The molecular weight excluding hydrogens is 210 g/mol. The Bertz CT molecular complexity index is 243. The summed E-state index contributed by atoms with van der Waals surface area (Å²) in [6.07, 6.45) is 0. The number of aliphatic hydroxyl groups excluding tert-OH is 1. The Kier molecular flexibility index (Phi) is 4.11. The first-order valence-corrected chi connectivity index (χ1v) is 5.76. The van der Waals surface area contributed by atoms with Crippen molar-refractivity contribution in [3.63, 3.8) is 0 Å². The molecule has 1 amide bonds. The minimum Gasteiger partial charge on any atom is -0.394 e. The van der Waals surface area contributed by atoms with Gasteiger partial charge >= 0.3 is 0 Å². The Morgan fingerprint density at radius 1 is 1.50 bits per heavy atom. The molecule has 0 aromatic heterocycles. The fourth-order valence-corrected chi connectivity index (χ4v) is 2.12. The number of hydrogen-bond donors (Lipinski definition) is 3. The molecule has 0 aromatic rings. The van der Waals surface area contributed by atoms with Crippen molar-refractivity contribution < 1.29 is 14.6 Å². The Morgan fingerprint density at radius 2 is 2.38 bits per heavy atom. The van der Waals surface area contributed by atoms with E-state index in [2.05, 4.69) is 10.6 Å². The molecule has 2 saturated heterocycles. The maximum absolute atomic E-state index is 12.2. The number of amides is 1. The van der Waals surface area contributed by atoms with Crippen LogP contribution in [0.2, 0.25) is 0 Å². The molecule has 2 aliphatic rings. The van der Waals surface area contributed by atoms with Gasteiger partial charge in [0.1, 0.15) is 0 Å². The fourth-order valence-electron chi connectivity index (χ4n) is 2.12. The van der Waals surface area contributed by atoms with Crippen molar-refractivity contribution in [1.29, 1.82) is 0 Å². The number of aliphatic hydroxyl groups is 1. The van der Waals surface area contributed by atoms with Gasteiger partial charge in [0.15, 0.2) is 0 Å². The monoisotopic (exact) mass is 229 g/mol. The van der Waals surface area contributed by atoms with Crippen LogP contribution in [0.15, 0.2) is 0 Å². The summed E-state index contributed by atoms with van der Waals surface area (Å²) in [5, 5.41) is 15.6. The highest BCUT2D eigenvalue weighted by Crippen LogP contribution is 2.09. The van der Waals surface area contributed by atoms with Gasteiger partial charge in [-0.25, -0.2) is 0 Å². The first-order chi connectivity index (χ1) is 7.83. The van der Waals surface area contributed by atoms with E-state index in [9.17, 15) is 9.90 Å². The molecule has 16 heavy (non-hydrogen) atoms. The molecule has 6 nitrogen and oxygen atoms in total. The van der Waals surface area contributed by atoms with Gasteiger partial charge in [0, 0.05) is 26.2 Å². The van der Waals surface area contributed by atoms with E-state index in [4.69, 9.17) is 4.74 Å². The molecule has 6 heteroatoms. The molecule has 0 spiro atoms. The van der Waals surface area contributed by atoms with Gasteiger partial charge in [-0.05, 0) is 0 Å². The van der Waals surface area contributed by atoms with Crippen LogP contribution in [0.3, 0.4) is 0 Å². The van der Waals surface area contributed by atoms with Crippen molar-refractivity contribution in [2.45, 2.75) is 12.1 Å². The highest BCUT2D eigenvalue weighted by atomic mass is 16.5. The number of morpholine rings is 1. The zero-order valence-corrected chi connectivity index (χ0v) is 9.32. The number of piperazine rings is 1. The summed E-state index contributed by atoms with van der Waals surface area (Å²) in [5.74, 6) is 0.0644. The van der Waals surface area contributed by atoms with Gasteiger partial charge in [-0.3, -0.25) is 4.79 Å². The van der Waals surface area contributed by atoms with Crippen molar-refractivity contribution in [2.75, 3.05) is 46.0 Å². The van der Waals surface area contributed by atoms with Gasteiger partial charge in [0.05, 0.1) is 31.9 Å². The number of carbonyl (C=O) groups excluding carboxylic acids is 1. The summed E-state index contributed by atoms with van der Waals surface area (Å²) >= 11 is 0. The zero-order chi connectivity index (χ0) is 11.4. The molecule has 92 valence electrons. The number of hydrogen-bond acceptors (Lipinski definition) is 5. The number of nitrogens with zero attached hydrogens (tertiary/aromatic N) is 1. The van der Waals surface area contributed by atoms with Gasteiger partial charge in [0.25, 0.3) is 0 Å². The van der Waals surface area contributed by atoms with Crippen molar-refractivity contribution in [3.8, 4) is 0 Å². The third-order valence-corrected chi connectivity index (χ3v) is 3.06. The summed E-state index contributed by atoms with van der Waals surface area (Å²) in [6, 6.07) is -0.356. The van der Waals surface area contributed by atoms with Crippen LogP contribution < -0.4 is 10.6 Å². The number of ether oxygens (including phenoxy) is 1. The molecule has 2 atom stereocenters. The first-order valence-electron chi connectivity index (χ1n) is 5.76. The van der Waals surface area contributed by atoms with E-state index in [0.29, 0.717) is 26.3 Å². The third kappa shape index (κ3) is 2.52. The lowest BCUT2D eigenvalue weighted by Crippen LogP contribution is -2.61. The van der Waals surface area contributed by atoms with E-state index in [1.165, 1.54) is 0 Å². The minimum atomic E-state index is -0.190. The van der Waals surface area contributed by atoms with E-state index >= 15 is 0 Å². The lowest BCUT2D eigenvalue weighted by atomic mass is 10.1. The largest absolute Gasteiger partial charge is 0.394 e. The van der Waals surface area contributed by atoms with E-state index < -0.39 is 0 Å². The number of nitrogens with one attached hydrogen (secondary N) is 2. The molecule has 2 aliphatic heterocycles. The summed E-state index contributed by atoms with van der Waals surface area (Å²) < 4.78 is 5.25. The maximum atomic E-state index is 12.2. The second-order valence-corrected chi connectivity index (χ2v) is 4.15. The van der Waals surface area contributed by atoms with Crippen LogP contribution in [0, 0.1) is 0 Å². The summed E-state index contributed by atoms with van der Waals surface area (Å²) in [7, 11) is 0. The van der Waals surface area contributed by atoms with E-state index in [1.807, 2.05) is 0 Å². The van der Waals surface area contributed by atoms with Crippen molar-refractivity contribution >= 4 is 5.91 Å². The van der Waals surface area contributed by atoms with Gasteiger partial charge in [-0.15, -0.1) is 0 Å². The Morgan fingerprint density at radius 3 is 3.06 bits per heavy atom. The first kappa shape index (κ1) is 11.8. The van der Waals surface area contributed by atoms with Gasteiger partial charge in [-0.2, -0.15) is 0 Å². The molecule has 2 unspecified atom stereocenters. The second kappa shape index (κ2) is 5.58. The highest BCUT2D eigenvalue weighted by Gasteiger charge is 2.32. The summed E-state index contributed by atoms with van der Waals surface area (Å²) in [6.45, 7) is 3.90. The molecule has 0 saturated carbocycles. The quantitative estimate of drug-likeness (QED) is 0.500. The minimum absolute atomic E-state index is 0.0358. The van der Waals surface area contributed by atoms with Crippen LogP contribution in [0.5, 0.6) is 0 Å². The normalized spacial score (nSPS) is 31.4. The molecular formula is C10H19N3O3. The predicted octanol–water partition coefficient (Wildman–Crippen LogP) is -2.23. The molecule has 2 fully saturated rings. The lowest BCUT2D eigenvalue weighted by Gasteiger charge is -2.37. The lowest BCUT2D eigenvalue weighted by molar-refractivity contribution is -0.144. The number of rotatable bonds is 2. The molecule has 0 bridgehead atoms. The Balaban J connectivity index is 1.95. The Hall–Kier alpha value is -0.690. The smallest absolute Gasteiger partial charge is 0.241 e. The second-order valence-electron chi connectivity index (χ2n) is 4.15. The molecule has 2 heterocycles. The predicted molar refractivity (Wildman–Crippen MR) is 58.1 cm³/mol. The molecule has 0 aliphatic carbocycles. The van der Waals surface area contributed by atoms with E-state index in [0.717, 1.165) is 13.1 Å². The Labute approximate surface area is 94.9 Å². The van der Waals surface area contributed by atoms with Gasteiger partial charge in [-0.1, -0.05) is 0 Å². The highest BCUT2D eigenvalue weighted by molar-refractivity contribution is 5.82. The standard InChI is InChI=1S/C10H19N3O3/c14-6-8-7-16-4-3-13(8)10(15)9-5-11-1-2-12-9/h8-9,11-12,14H,1-7H2. The average Bonchev–Trinajstić information content (AvgIpc) is 2.39. The topological polar surface area (TPSA) is 73.8 Å². The maximum Gasteiger partial charge on any atom is 0.241 e. The summed E-state index contributed by atoms with van der Waals surface area (Å²) in [4.78, 5) is 13.9. The van der Waals surface area contributed by atoms with Crippen LogP contribution in [-0.2, 0) is 9.53 Å². The SMILES string of the molecule is O=C(C1CNCCN1)N1CCOCC1CO. The van der Waals surface area contributed by atoms with Gasteiger partial charge < -0.3 is 25.4 Å². The molecule has 3 N–H and O–H groups in total. The van der Waals surface area contributed by atoms with E-state index in [-0.39, 0.29) is 24.6 Å². The average molecular weight is 229 g/mol. The van der Waals surface area contributed by atoms with Crippen molar-refractivity contribution in [2.24, 2.45) is 0 Å². The van der Waals surface area contributed by atoms with Crippen LogP contribution in [0.1, 0.15) is 0 Å². The number of carbonyl (C=O) groups is 1. The van der Waals surface area contributed by atoms with Crippen LogP contribution >= 0.6 is 0 Å². The molecule has 0 aromatic carbocycles. The van der Waals surface area contributed by atoms with Crippen LogP contribution in [0.4, 0.5) is 0 Å². The molecule has 2 rings (SSSR count). The van der Waals surface area contributed by atoms with Crippen LogP contribution in [0.25, 0.3) is 0 Å². The summed E-state index contributed by atoms with van der Waals surface area (Å²) in [5.41, 5.74) is 0. The molecule has 0 radical (unpaired) electrons. The van der Waals surface area contributed by atoms with Gasteiger partial charge in [0.2, 0.25) is 5.91 Å². The fraction of sp³-hybridized carbons (Fsp3) is 0.900. The third-order valence-electron chi connectivity index (χ3n) is 3.06. The van der Waals surface area contributed by atoms with Crippen molar-refractivity contribution in [1.82, 2.24) is 15.5 Å². The zero-order valence-electron chi connectivity index (χ0n) is 9.32. The van der Waals surface area contributed by atoms with Crippen molar-refractivity contribution in [3.05, 3.63) is 0 Å². The van der Waals surface area contributed by atoms with E-state index in [1.54, 1.807) is 4.90 Å². The van der Waals surface area contributed by atoms with Crippen LogP contribution in [-0.4, -0.2) is 74.0 Å².